The number of carbonyl (C=O) groups is 1. The molecule has 226 valence electrons. The van der Waals surface area contributed by atoms with Gasteiger partial charge in [-0.25, -0.2) is 18.6 Å². The number of halogens is 2. The number of ether oxygens (including phenoxy) is 2. The Bertz CT molecular complexity index is 1810. The van der Waals surface area contributed by atoms with Crippen LogP contribution in [0.15, 0.2) is 54.6 Å². The first-order valence-corrected chi connectivity index (χ1v) is 15.0. The number of likely N-dealkylation sites (tertiary alicyclic amines) is 1. The minimum atomic E-state index is -1.56. The minimum absolute atomic E-state index is 0.0895. The van der Waals surface area contributed by atoms with Crippen molar-refractivity contribution in [2.75, 3.05) is 19.7 Å². The first-order chi connectivity index (χ1) is 21.2. The maximum absolute atomic E-state index is 16.0. The van der Waals surface area contributed by atoms with Gasteiger partial charge in [-0.2, -0.15) is 5.26 Å². The summed E-state index contributed by atoms with van der Waals surface area (Å²) >= 11 is 0. The lowest BCUT2D eigenvalue weighted by Gasteiger charge is -2.33. The zero-order valence-electron chi connectivity index (χ0n) is 24.3. The van der Waals surface area contributed by atoms with Crippen molar-refractivity contribution >= 4 is 17.0 Å². The van der Waals surface area contributed by atoms with Crippen molar-refractivity contribution in [1.29, 1.82) is 5.26 Å². The summed E-state index contributed by atoms with van der Waals surface area (Å²) in [6.07, 6.45) is 1.15. The Labute approximate surface area is 253 Å². The third-order valence-corrected chi connectivity index (χ3v) is 9.43. The summed E-state index contributed by atoms with van der Waals surface area (Å²) in [5.74, 6) is -0.129. The van der Waals surface area contributed by atoms with Crippen molar-refractivity contribution < 1.29 is 28.2 Å². The van der Waals surface area contributed by atoms with Gasteiger partial charge in [-0.05, 0) is 81.1 Å². The summed E-state index contributed by atoms with van der Waals surface area (Å²) in [5, 5.41) is 18.7. The van der Waals surface area contributed by atoms with E-state index in [9.17, 15) is 9.90 Å². The predicted octanol–water partition coefficient (Wildman–Crippen LogP) is 6.23. The monoisotopic (exact) mass is 598 g/mol. The molecule has 3 aliphatic heterocycles. The van der Waals surface area contributed by atoms with Crippen molar-refractivity contribution in [2.24, 2.45) is 0 Å². The van der Waals surface area contributed by atoms with Crippen LogP contribution in [0.5, 0.6) is 5.75 Å². The number of para-hydroxylation sites is 1. The predicted molar refractivity (Wildman–Crippen MR) is 158 cm³/mol. The number of nitrogens with zero attached hydrogens (tertiary/aromatic N) is 4. The number of carboxylic acids is 1. The molecule has 1 N–H and O–H groups in total. The van der Waals surface area contributed by atoms with Crippen LogP contribution in [0, 0.1) is 17.1 Å². The van der Waals surface area contributed by atoms with Crippen LogP contribution in [0.2, 0.25) is 0 Å². The molecule has 0 amide bonds. The SMILES string of the molecule is CC1(c2ccc(C#N)cc2F)Oc2c(C3CCN(Cc4nc5ccc(C(=O)O)cc5n4C[C@@H]4CCO4)CC3)cccc2C1F. The van der Waals surface area contributed by atoms with E-state index in [0.717, 1.165) is 67.4 Å². The summed E-state index contributed by atoms with van der Waals surface area (Å²) in [7, 11) is 0. The number of aromatic carboxylic acids is 1. The van der Waals surface area contributed by atoms with Gasteiger partial charge in [0, 0.05) is 17.7 Å². The molecule has 4 heterocycles. The number of rotatable bonds is 7. The third-order valence-electron chi connectivity index (χ3n) is 9.43. The number of fused-ring (bicyclic) bond motifs is 2. The molecule has 2 fully saturated rings. The zero-order chi connectivity index (χ0) is 30.6. The fourth-order valence-corrected chi connectivity index (χ4v) is 6.82. The number of nitriles is 1. The average Bonchev–Trinajstić information content (AvgIpc) is 3.47. The topological polar surface area (TPSA) is 101 Å². The number of piperidine rings is 1. The van der Waals surface area contributed by atoms with Gasteiger partial charge in [-0.1, -0.05) is 24.3 Å². The smallest absolute Gasteiger partial charge is 0.335 e. The highest BCUT2D eigenvalue weighted by Crippen LogP contribution is 2.54. The van der Waals surface area contributed by atoms with Crippen LogP contribution in [0.4, 0.5) is 8.78 Å². The Kier molecular flexibility index (Phi) is 7.10. The Morgan fingerprint density at radius 3 is 2.59 bits per heavy atom. The Balaban J connectivity index is 1.09. The van der Waals surface area contributed by atoms with Crippen LogP contribution < -0.4 is 4.74 Å². The first-order valence-electron chi connectivity index (χ1n) is 15.0. The second-order valence-electron chi connectivity index (χ2n) is 12.1. The molecule has 0 radical (unpaired) electrons. The normalized spacial score (nSPS) is 23.6. The van der Waals surface area contributed by atoms with E-state index >= 15 is 8.78 Å². The molecule has 3 aromatic carbocycles. The summed E-state index contributed by atoms with van der Waals surface area (Å²) in [6, 6.07) is 16.5. The molecular weight excluding hydrogens is 566 g/mol. The molecule has 2 saturated heterocycles. The lowest BCUT2D eigenvalue weighted by molar-refractivity contribution is -0.0592. The molecule has 0 saturated carbocycles. The van der Waals surface area contributed by atoms with Gasteiger partial charge in [0.15, 0.2) is 11.8 Å². The number of benzene rings is 3. The van der Waals surface area contributed by atoms with Gasteiger partial charge in [-0.3, -0.25) is 4.90 Å². The van der Waals surface area contributed by atoms with Crippen molar-refractivity contribution in [3.05, 3.63) is 94.1 Å². The lowest BCUT2D eigenvalue weighted by atomic mass is 9.85. The molecule has 8 nitrogen and oxygen atoms in total. The molecular formula is C34H32F2N4O4. The van der Waals surface area contributed by atoms with E-state index in [4.69, 9.17) is 19.7 Å². The molecule has 4 aromatic rings. The molecule has 44 heavy (non-hydrogen) atoms. The highest BCUT2D eigenvalue weighted by atomic mass is 19.1. The maximum Gasteiger partial charge on any atom is 0.335 e. The van der Waals surface area contributed by atoms with Crippen molar-refractivity contribution in [2.45, 2.75) is 63.1 Å². The van der Waals surface area contributed by atoms with Crippen LogP contribution in [-0.2, 0) is 23.4 Å². The first kappa shape index (κ1) is 28.4. The van der Waals surface area contributed by atoms with E-state index in [-0.39, 0.29) is 28.7 Å². The quantitative estimate of drug-likeness (QED) is 0.269. The van der Waals surface area contributed by atoms with Crippen molar-refractivity contribution in [3.8, 4) is 11.8 Å². The van der Waals surface area contributed by atoms with E-state index in [1.165, 1.54) is 12.1 Å². The van der Waals surface area contributed by atoms with Crippen LogP contribution in [0.3, 0.4) is 0 Å². The summed E-state index contributed by atoms with van der Waals surface area (Å²) in [6.45, 7) is 5.12. The molecule has 0 aliphatic carbocycles. The second-order valence-corrected chi connectivity index (χ2v) is 12.1. The molecule has 0 spiro atoms. The second kappa shape index (κ2) is 11.0. The molecule has 2 unspecified atom stereocenters. The largest absolute Gasteiger partial charge is 0.479 e. The maximum atomic E-state index is 16.0. The molecule has 0 bridgehead atoms. The van der Waals surface area contributed by atoms with Crippen LogP contribution >= 0.6 is 0 Å². The average molecular weight is 599 g/mol. The van der Waals surface area contributed by atoms with Gasteiger partial charge in [-0.15, -0.1) is 0 Å². The molecule has 1 aromatic heterocycles. The lowest BCUT2D eigenvalue weighted by Crippen LogP contribution is -2.35. The van der Waals surface area contributed by atoms with Crippen LogP contribution in [0.25, 0.3) is 11.0 Å². The highest BCUT2D eigenvalue weighted by molar-refractivity contribution is 5.92. The van der Waals surface area contributed by atoms with Gasteiger partial charge in [0.25, 0.3) is 0 Å². The fraction of sp³-hybridized carbons (Fsp3) is 0.382. The van der Waals surface area contributed by atoms with Gasteiger partial charge in [0.1, 0.15) is 17.4 Å². The zero-order valence-corrected chi connectivity index (χ0v) is 24.3. The Morgan fingerprint density at radius 1 is 1.14 bits per heavy atom. The van der Waals surface area contributed by atoms with Gasteiger partial charge in [0.2, 0.25) is 0 Å². The highest BCUT2D eigenvalue weighted by Gasteiger charge is 2.49. The number of alkyl halides is 1. The van der Waals surface area contributed by atoms with E-state index in [2.05, 4.69) is 9.47 Å². The van der Waals surface area contributed by atoms with Crippen LogP contribution in [0.1, 0.15) is 76.7 Å². The van der Waals surface area contributed by atoms with E-state index in [1.54, 1.807) is 31.2 Å². The standard InChI is InChI=1S/C34H32F2N4O4/c1-34(26-7-5-20(17-37)15-27(26)35)32(36)25-4-2-3-24(31(25)44-34)21-9-12-39(13-10-21)19-30-38-28-8-6-22(33(41)42)16-29(28)40(30)18-23-11-14-43-23/h2-8,15-16,21,23,32H,9-14,18-19H2,1H3,(H,41,42)/t23-,32?,34?/m0/s1. The fourth-order valence-electron chi connectivity index (χ4n) is 6.82. The van der Waals surface area contributed by atoms with Crippen LogP contribution in [-0.4, -0.2) is 51.3 Å². The van der Waals surface area contributed by atoms with Gasteiger partial charge < -0.3 is 19.1 Å². The molecule has 3 aliphatic rings. The Morgan fingerprint density at radius 2 is 1.91 bits per heavy atom. The number of carboxylic acid groups (broad SMARTS) is 1. The van der Waals surface area contributed by atoms with Gasteiger partial charge >= 0.3 is 5.97 Å². The number of imidazole rings is 1. The summed E-state index contributed by atoms with van der Waals surface area (Å²) < 4.78 is 45.1. The molecule has 10 heteroatoms. The third kappa shape index (κ3) is 4.81. The van der Waals surface area contributed by atoms with E-state index in [1.807, 2.05) is 18.2 Å². The molecule has 7 rings (SSSR count). The number of aromatic nitrogens is 2. The summed E-state index contributed by atoms with van der Waals surface area (Å²) in [4.78, 5) is 18.8. The van der Waals surface area contributed by atoms with Crippen molar-refractivity contribution in [1.82, 2.24) is 14.5 Å². The van der Waals surface area contributed by atoms with E-state index < -0.39 is 23.6 Å². The Hall–Kier alpha value is -4.33. The minimum Gasteiger partial charge on any atom is -0.479 e. The number of hydrogen-bond donors (Lipinski definition) is 1. The molecule has 3 atom stereocenters. The van der Waals surface area contributed by atoms with Crippen molar-refractivity contribution in [3.63, 3.8) is 0 Å². The van der Waals surface area contributed by atoms with E-state index in [0.29, 0.717) is 24.4 Å². The van der Waals surface area contributed by atoms with Gasteiger partial charge in [0.05, 0.1) is 47.4 Å². The number of hydrogen-bond acceptors (Lipinski definition) is 6. The summed E-state index contributed by atoms with van der Waals surface area (Å²) in [5.41, 5.74) is 1.86.